The monoisotopic (exact) mass is 367 g/mol. The Morgan fingerprint density at radius 3 is 2.70 bits per heavy atom. The number of rotatable bonds is 2. The topological polar surface area (TPSA) is 87.5 Å². The van der Waals surface area contributed by atoms with Crippen molar-refractivity contribution in [2.24, 2.45) is 5.41 Å². The molecule has 2 heterocycles. The summed E-state index contributed by atoms with van der Waals surface area (Å²) in [6.45, 7) is 6.61. The molecule has 1 aromatic carbocycles. The van der Waals surface area contributed by atoms with Crippen LogP contribution in [0.1, 0.15) is 48.6 Å². The maximum absolute atomic E-state index is 10.6. The van der Waals surface area contributed by atoms with Crippen molar-refractivity contribution in [1.29, 1.82) is 0 Å². The molecule has 2 aliphatic rings. The van der Waals surface area contributed by atoms with E-state index in [1.807, 2.05) is 31.2 Å². The van der Waals surface area contributed by atoms with Crippen molar-refractivity contribution in [2.75, 3.05) is 6.54 Å². The molecule has 0 amide bonds. The summed E-state index contributed by atoms with van der Waals surface area (Å²) in [5, 5.41) is 20.1. The highest BCUT2D eigenvalue weighted by Crippen LogP contribution is 2.41. The first-order valence-electron chi connectivity index (χ1n) is 9.51. The summed E-state index contributed by atoms with van der Waals surface area (Å²) in [6, 6.07) is 7.68. The van der Waals surface area contributed by atoms with Crippen molar-refractivity contribution in [3.05, 3.63) is 52.6 Å². The predicted molar refractivity (Wildman–Crippen MR) is 103 cm³/mol. The molecular formula is C20H26BN3O3. The molecule has 3 N–H and O–H groups in total. The van der Waals surface area contributed by atoms with Gasteiger partial charge in [0.2, 0.25) is 0 Å². The third-order valence-corrected chi connectivity index (χ3v) is 5.91. The Bertz CT molecular complexity index is 872. The Labute approximate surface area is 160 Å². The highest BCUT2D eigenvalue weighted by Gasteiger charge is 2.49. The standard InChI is InChI=1S/C20H26BN3O3/c1-13-23-16-8-9-19(2,3)11-15(16)18(24-13)20(21(25)26)10-14-6-4-5-7-17(14)27-22-12-20/h4-7,22,25-26H,8-12H2,1-3H3. The first-order chi connectivity index (χ1) is 12.8. The van der Waals surface area contributed by atoms with Crippen LogP contribution in [0, 0.1) is 12.3 Å². The van der Waals surface area contributed by atoms with Crippen LogP contribution in [0.4, 0.5) is 0 Å². The number of hydrogen-bond donors (Lipinski definition) is 3. The second-order valence-electron chi connectivity index (χ2n) is 8.62. The molecule has 0 radical (unpaired) electrons. The molecule has 27 heavy (non-hydrogen) atoms. The number of hydroxylamine groups is 1. The normalized spacial score (nSPS) is 23.6. The quantitative estimate of drug-likeness (QED) is 0.701. The summed E-state index contributed by atoms with van der Waals surface area (Å²) >= 11 is 0. The zero-order valence-electron chi connectivity index (χ0n) is 16.1. The smallest absolute Gasteiger partial charge is 0.426 e. The predicted octanol–water partition coefficient (Wildman–Crippen LogP) is 1.69. The number of hydrogen-bond acceptors (Lipinski definition) is 6. The van der Waals surface area contributed by atoms with Gasteiger partial charge < -0.3 is 14.9 Å². The van der Waals surface area contributed by atoms with Gasteiger partial charge in [0, 0.05) is 12.2 Å². The molecule has 0 spiro atoms. The van der Waals surface area contributed by atoms with Crippen LogP contribution < -0.4 is 10.3 Å². The van der Waals surface area contributed by atoms with Gasteiger partial charge in [-0.2, -0.15) is 5.48 Å². The van der Waals surface area contributed by atoms with Gasteiger partial charge in [0.05, 0.1) is 11.0 Å². The van der Waals surface area contributed by atoms with Crippen LogP contribution in [0.15, 0.2) is 24.3 Å². The minimum Gasteiger partial charge on any atom is -0.426 e. The van der Waals surface area contributed by atoms with Crippen molar-refractivity contribution >= 4 is 7.12 Å². The van der Waals surface area contributed by atoms with E-state index in [9.17, 15) is 10.0 Å². The van der Waals surface area contributed by atoms with Gasteiger partial charge in [-0.05, 0) is 55.2 Å². The fourth-order valence-electron chi connectivity index (χ4n) is 4.35. The number of benzene rings is 1. The molecule has 2 aromatic rings. The lowest BCUT2D eigenvalue weighted by molar-refractivity contribution is 0.181. The second kappa shape index (κ2) is 6.58. The Balaban J connectivity index is 1.90. The first kappa shape index (κ1) is 18.4. The van der Waals surface area contributed by atoms with Crippen LogP contribution >= 0.6 is 0 Å². The molecule has 4 rings (SSSR count). The number of fused-ring (bicyclic) bond motifs is 2. The van der Waals surface area contributed by atoms with E-state index in [4.69, 9.17) is 9.82 Å². The third-order valence-electron chi connectivity index (χ3n) is 5.91. The van der Waals surface area contributed by atoms with Crippen LogP contribution in [0.3, 0.4) is 0 Å². The lowest BCUT2D eigenvalue weighted by Gasteiger charge is -2.37. The SMILES string of the molecule is Cc1nc2c(c(C3(B(O)O)CNOc4ccccc4C3)n1)CC(C)(C)CC2. The van der Waals surface area contributed by atoms with E-state index in [0.29, 0.717) is 18.0 Å². The van der Waals surface area contributed by atoms with Crippen LogP contribution in [-0.2, 0) is 24.6 Å². The van der Waals surface area contributed by atoms with E-state index < -0.39 is 12.4 Å². The number of aromatic nitrogens is 2. The summed E-state index contributed by atoms with van der Waals surface area (Å²) < 4.78 is 0. The maximum atomic E-state index is 10.6. The molecule has 0 saturated carbocycles. The molecule has 1 unspecified atom stereocenters. The summed E-state index contributed by atoms with van der Waals surface area (Å²) in [5.41, 5.74) is 6.84. The maximum Gasteiger partial charge on any atom is 0.466 e. The van der Waals surface area contributed by atoms with Crippen LogP contribution in [0.25, 0.3) is 0 Å². The molecule has 1 atom stereocenters. The van der Waals surface area contributed by atoms with Crippen LogP contribution in [0.5, 0.6) is 5.75 Å². The second-order valence-corrected chi connectivity index (χ2v) is 8.62. The van der Waals surface area contributed by atoms with Gasteiger partial charge in [0.1, 0.15) is 11.6 Å². The van der Waals surface area contributed by atoms with Crippen molar-refractivity contribution in [3.8, 4) is 5.75 Å². The van der Waals surface area contributed by atoms with Crippen molar-refractivity contribution in [1.82, 2.24) is 15.4 Å². The summed E-state index contributed by atoms with van der Waals surface area (Å²) in [7, 11) is -1.58. The Kier molecular flexibility index (Phi) is 4.49. The van der Waals surface area contributed by atoms with Gasteiger partial charge in [-0.3, -0.25) is 0 Å². The molecule has 1 aliphatic carbocycles. The minimum absolute atomic E-state index is 0.133. The van der Waals surface area contributed by atoms with Crippen molar-refractivity contribution in [2.45, 2.75) is 51.8 Å². The van der Waals surface area contributed by atoms with Crippen LogP contribution in [-0.4, -0.2) is 33.7 Å². The molecule has 0 bridgehead atoms. The zero-order valence-corrected chi connectivity index (χ0v) is 16.1. The van der Waals surface area contributed by atoms with Gasteiger partial charge in [0.15, 0.2) is 0 Å². The average Bonchev–Trinajstić information content (AvgIpc) is 2.81. The van der Waals surface area contributed by atoms with E-state index in [1.54, 1.807) is 0 Å². The highest BCUT2D eigenvalue weighted by molar-refractivity contribution is 6.46. The number of nitrogens with zero attached hydrogens (tertiary/aromatic N) is 2. The Morgan fingerprint density at radius 1 is 1.15 bits per heavy atom. The molecule has 0 fully saturated rings. The zero-order chi connectivity index (χ0) is 19.2. The molecule has 0 saturated heterocycles. The lowest BCUT2D eigenvalue weighted by atomic mass is 9.52. The van der Waals surface area contributed by atoms with Crippen molar-refractivity contribution in [3.63, 3.8) is 0 Å². The van der Waals surface area contributed by atoms with E-state index in [0.717, 1.165) is 41.8 Å². The molecule has 7 heteroatoms. The van der Waals surface area contributed by atoms with Gasteiger partial charge in [-0.1, -0.05) is 32.0 Å². The van der Waals surface area contributed by atoms with E-state index in [-0.39, 0.29) is 12.0 Å². The Morgan fingerprint density at radius 2 is 1.93 bits per heavy atom. The summed E-state index contributed by atoms with van der Waals surface area (Å²) in [4.78, 5) is 15.1. The largest absolute Gasteiger partial charge is 0.466 e. The van der Waals surface area contributed by atoms with Gasteiger partial charge in [0.25, 0.3) is 0 Å². The number of para-hydroxylation sites is 1. The van der Waals surface area contributed by atoms with Gasteiger partial charge >= 0.3 is 7.12 Å². The molecule has 1 aliphatic heterocycles. The number of nitrogens with one attached hydrogen (secondary N) is 1. The average molecular weight is 367 g/mol. The molecular weight excluding hydrogens is 341 g/mol. The summed E-state index contributed by atoms with van der Waals surface area (Å²) in [6.07, 6.45) is 3.21. The van der Waals surface area contributed by atoms with E-state index in [2.05, 4.69) is 24.3 Å². The van der Waals surface area contributed by atoms with Gasteiger partial charge in [-0.25, -0.2) is 9.97 Å². The summed E-state index contributed by atoms with van der Waals surface area (Å²) in [5.74, 6) is 1.38. The van der Waals surface area contributed by atoms with Gasteiger partial charge in [-0.15, -0.1) is 0 Å². The molecule has 6 nitrogen and oxygen atoms in total. The first-order valence-corrected chi connectivity index (χ1v) is 9.51. The fraction of sp³-hybridized carbons (Fsp3) is 0.500. The van der Waals surface area contributed by atoms with E-state index >= 15 is 0 Å². The number of aryl methyl sites for hydroxylation is 2. The molecule has 1 aromatic heterocycles. The third kappa shape index (κ3) is 3.24. The van der Waals surface area contributed by atoms with E-state index in [1.165, 1.54) is 0 Å². The van der Waals surface area contributed by atoms with Crippen LogP contribution in [0.2, 0.25) is 0 Å². The highest BCUT2D eigenvalue weighted by atomic mass is 16.6. The molecule has 142 valence electrons. The minimum atomic E-state index is -1.58. The Hall–Kier alpha value is -1.96. The fourth-order valence-corrected chi connectivity index (χ4v) is 4.35. The van der Waals surface area contributed by atoms with Crippen molar-refractivity contribution < 1.29 is 14.9 Å². The lowest BCUT2D eigenvalue weighted by Crippen LogP contribution is -2.53.